The van der Waals surface area contributed by atoms with Gasteiger partial charge in [0.1, 0.15) is 0 Å². The van der Waals surface area contributed by atoms with Gasteiger partial charge < -0.3 is 10.0 Å². The van der Waals surface area contributed by atoms with E-state index in [4.69, 9.17) is 0 Å². The molecule has 4 nitrogen and oxygen atoms in total. The van der Waals surface area contributed by atoms with Gasteiger partial charge in [-0.2, -0.15) is 0 Å². The predicted molar refractivity (Wildman–Crippen MR) is 69.3 cm³/mol. The molecule has 0 spiro atoms. The Morgan fingerprint density at radius 2 is 2.28 bits per heavy atom. The molecule has 0 saturated heterocycles. The van der Waals surface area contributed by atoms with Gasteiger partial charge in [0.05, 0.1) is 11.7 Å². The molecular weight excluding hydrogens is 228 g/mol. The molecule has 1 amide bonds. The van der Waals surface area contributed by atoms with Crippen LogP contribution in [0.5, 0.6) is 0 Å². The standard InChI is InChI=1S/C14H20N2O2/c1-10-6-7-11(8-15-10)14(18)16(2)9-12-4-3-5-13(12)17/h6-8,12-13,17H,3-5,9H2,1-2H3. The van der Waals surface area contributed by atoms with Gasteiger partial charge in [-0.15, -0.1) is 0 Å². The van der Waals surface area contributed by atoms with Crippen LogP contribution in [0.2, 0.25) is 0 Å². The van der Waals surface area contributed by atoms with Gasteiger partial charge in [0.15, 0.2) is 0 Å². The number of rotatable bonds is 3. The van der Waals surface area contributed by atoms with E-state index in [0.717, 1.165) is 25.0 Å². The Kier molecular flexibility index (Phi) is 3.97. The zero-order valence-corrected chi connectivity index (χ0v) is 11.0. The first-order chi connectivity index (χ1) is 8.58. The zero-order chi connectivity index (χ0) is 13.1. The Morgan fingerprint density at radius 3 is 2.83 bits per heavy atom. The highest BCUT2D eigenvalue weighted by atomic mass is 16.3. The lowest BCUT2D eigenvalue weighted by molar-refractivity contribution is 0.0693. The number of carbonyl (C=O) groups is 1. The van der Waals surface area contributed by atoms with Crippen LogP contribution < -0.4 is 0 Å². The molecule has 1 fully saturated rings. The molecule has 2 unspecified atom stereocenters. The van der Waals surface area contributed by atoms with Crippen molar-refractivity contribution in [3.8, 4) is 0 Å². The van der Waals surface area contributed by atoms with Gasteiger partial charge in [-0.05, 0) is 31.9 Å². The highest BCUT2D eigenvalue weighted by Gasteiger charge is 2.27. The van der Waals surface area contributed by atoms with Crippen molar-refractivity contribution >= 4 is 5.91 Å². The van der Waals surface area contributed by atoms with Crippen LogP contribution in [0.15, 0.2) is 18.3 Å². The Morgan fingerprint density at radius 1 is 1.50 bits per heavy atom. The third-order valence-corrected chi connectivity index (χ3v) is 3.63. The van der Waals surface area contributed by atoms with Crippen molar-refractivity contribution in [3.63, 3.8) is 0 Å². The van der Waals surface area contributed by atoms with E-state index in [9.17, 15) is 9.90 Å². The summed E-state index contributed by atoms with van der Waals surface area (Å²) in [5, 5.41) is 9.78. The normalized spacial score (nSPS) is 23.1. The molecule has 2 atom stereocenters. The van der Waals surface area contributed by atoms with Crippen molar-refractivity contribution in [3.05, 3.63) is 29.6 Å². The van der Waals surface area contributed by atoms with Crippen LogP contribution in [-0.4, -0.2) is 40.6 Å². The number of aromatic nitrogens is 1. The molecule has 1 heterocycles. The smallest absolute Gasteiger partial charge is 0.255 e. The molecule has 1 saturated carbocycles. The molecular formula is C14H20N2O2. The highest BCUT2D eigenvalue weighted by molar-refractivity contribution is 5.93. The molecule has 98 valence electrons. The first kappa shape index (κ1) is 13.0. The van der Waals surface area contributed by atoms with Crippen molar-refractivity contribution in [2.24, 2.45) is 5.92 Å². The minimum absolute atomic E-state index is 0.0263. The highest BCUT2D eigenvalue weighted by Crippen LogP contribution is 2.26. The summed E-state index contributed by atoms with van der Waals surface area (Å²) >= 11 is 0. The second kappa shape index (κ2) is 5.48. The molecule has 0 aromatic carbocycles. The molecule has 0 aliphatic heterocycles. The average molecular weight is 248 g/mol. The molecule has 1 aromatic heterocycles. The predicted octanol–water partition coefficient (Wildman–Crippen LogP) is 1.62. The quantitative estimate of drug-likeness (QED) is 0.884. The number of pyridine rings is 1. The maximum absolute atomic E-state index is 12.2. The average Bonchev–Trinajstić information content (AvgIpc) is 2.75. The topological polar surface area (TPSA) is 53.4 Å². The van der Waals surface area contributed by atoms with Crippen LogP contribution in [0.25, 0.3) is 0 Å². The number of aliphatic hydroxyl groups is 1. The van der Waals surface area contributed by atoms with Crippen molar-refractivity contribution in [1.29, 1.82) is 0 Å². The Balaban J connectivity index is 1.98. The summed E-state index contributed by atoms with van der Waals surface area (Å²) < 4.78 is 0. The van der Waals surface area contributed by atoms with E-state index in [-0.39, 0.29) is 17.9 Å². The molecule has 1 aromatic rings. The number of amides is 1. The third kappa shape index (κ3) is 2.88. The zero-order valence-electron chi connectivity index (χ0n) is 11.0. The molecule has 4 heteroatoms. The van der Waals surface area contributed by atoms with E-state index in [0.29, 0.717) is 12.1 Å². The molecule has 1 aliphatic carbocycles. The van der Waals surface area contributed by atoms with Gasteiger partial charge in [-0.3, -0.25) is 9.78 Å². The summed E-state index contributed by atoms with van der Waals surface area (Å²) in [4.78, 5) is 18.0. The molecule has 18 heavy (non-hydrogen) atoms. The van der Waals surface area contributed by atoms with Crippen LogP contribution in [0.1, 0.15) is 35.3 Å². The fraction of sp³-hybridized carbons (Fsp3) is 0.571. The summed E-state index contributed by atoms with van der Waals surface area (Å²) in [5.74, 6) is 0.193. The van der Waals surface area contributed by atoms with E-state index < -0.39 is 0 Å². The summed E-state index contributed by atoms with van der Waals surface area (Å²) in [6.45, 7) is 2.51. The largest absolute Gasteiger partial charge is 0.393 e. The lowest BCUT2D eigenvalue weighted by Crippen LogP contribution is -2.34. The summed E-state index contributed by atoms with van der Waals surface area (Å²) in [7, 11) is 1.78. The summed E-state index contributed by atoms with van der Waals surface area (Å²) in [5.41, 5.74) is 1.51. The Bertz CT molecular complexity index is 416. The number of nitrogens with zero attached hydrogens (tertiary/aromatic N) is 2. The van der Waals surface area contributed by atoms with Gasteiger partial charge >= 0.3 is 0 Å². The van der Waals surface area contributed by atoms with Gasteiger partial charge in [0, 0.05) is 31.4 Å². The van der Waals surface area contributed by atoms with Crippen LogP contribution >= 0.6 is 0 Å². The van der Waals surface area contributed by atoms with Crippen LogP contribution in [-0.2, 0) is 0 Å². The first-order valence-electron chi connectivity index (χ1n) is 6.44. The summed E-state index contributed by atoms with van der Waals surface area (Å²) in [6, 6.07) is 3.64. The lowest BCUT2D eigenvalue weighted by Gasteiger charge is -2.23. The van der Waals surface area contributed by atoms with E-state index in [2.05, 4.69) is 4.98 Å². The molecule has 1 aliphatic rings. The second-order valence-corrected chi connectivity index (χ2v) is 5.13. The van der Waals surface area contributed by atoms with E-state index in [1.807, 2.05) is 13.0 Å². The number of aryl methyl sites for hydroxylation is 1. The third-order valence-electron chi connectivity index (χ3n) is 3.63. The van der Waals surface area contributed by atoms with Gasteiger partial charge in [-0.25, -0.2) is 0 Å². The van der Waals surface area contributed by atoms with Crippen LogP contribution in [0.3, 0.4) is 0 Å². The van der Waals surface area contributed by atoms with E-state index >= 15 is 0 Å². The maximum Gasteiger partial charge on any atom is 0.255 e. The Hall–Kier alpha value is -1.42. The van der Waals surface area contributed by atoms with Gasteiger partial charge in [0.2, 0.25) is 0 Å². The van der Waals surface area contributed by atoms with Gasteiger partial charge in [-0.1, -0.05) is 6.42 Å². The lowest BCUT2D eigenvalue weighted by atomic mass is 10.1. The van der Waals surface area contributed by atoms with Crippen LogP contribution in [0.4, 0.5) is 0 Å². The fourth-order valence-electron chi connectivity index (χ4n) is 2.48. The van der Waals surface area contributed by atoms with Crippen molar-refractivity contribution in [1.82, 2.24) is 9.88 Å². The molecule has 1 N–H and O–H groups in total. The molecule has 0 bridgehead atoms. The van der Waals surface area contributed by atoms with Crippen LogP contribution in [0, 0.1) is 12.8 Å². The molecule has 0 radical (unpaired) electrons. The minimum Gasteiger partial charge on any atom is -0.393 e. The van der Waals surface area contributed by atoms with Gasteiger partial charge in [0.25, 0.3) is 5.91 Å². The fourth-order valence-corrected chi connectivity index (χ4v) is 2.48. The number of hydrogen-bond acceptors (Lipinski definition) is 3. The van der Waals surface area contributed by atoms with Crippen molar-refractivity contribution in [2.75, 3.05) is 13.6 Å². The Labute approximate surface area is 108 Å². The van der Waals surface area contributed by atoms with E-state index in [1.165, 1.54) is 0 Å². The molecule has 2 rings (SSSR count). The first-order valence-corrected chi connectivity index (χ1v) is 6.44. The number of carbonyl (C=O) groups excluding carboxylic acids is 1. The number of hydrogen-bond donors (Lipinski definition) is 1. The monoisotopic (exact) mass is 248 g/mol. The maximum atomic E-state index is 12.2. The minimum atomic E-state index is -0.253. The van der Waals surface area contributed by atoms with E-state index in [1.54, 1.807) is 24.2 Å². The second-order valence-electron chi connectivity index (χ2n) is 5.13. The number of aliphatic hydroxyl groups excluding tert-OH is 1. The SMILES string of the molecule is Cc1ccc(C(=O)N(C)CC2CCCC2O)cn1. The van der Waals surface area contributed by atoms with Crippen molar-refractivity contribution in [2.45, 2.75) is 32.3 Å². The van der Waals surface area contributed by atoms with Crippen molar-refractivity contribution < 1.29 is 9.90 Å². The summed E-state index contributed by atoms with van der Waals surface area (Å²) in [6.07, 6.45) is 4.28.